The molecule has 15 nitrogen and oxygen atoms in total. The Kier molecular flexibility index (Phi) is 10.8. The number of morpholine rings is 1. The van der Waals surface area contributed by atoms with Gasteiger partial charge in [0.1, 0.15) is 36.5 Å². The molecule has 1 aliphatic carbocycles. The lowest BCUT2D eigenvalue weighted by Gasteiger charge is -2.38. The Bertz CT molecular complexity index is 1590. The highest BCUT2D eigenvalue weighted by Crippen LogP contribution is 2.35. The second kappa shape index (κ2) is 15.8. The van der Waals surface area contributed by atoms with E-state index in [1.807, 2.05) is 36.9 Å². The molecule has 1 saturated carbocycles. The average Bonchev–Trinajstić information content (AvgIpc) is 3.77. The standard InChI is InChI=1S/C32H41N11O4/c1-3-44-14-15-46-31-29(21-43(38-31)28-8-6-27(7-9-28)41-10-12-45-13-11-41)37-32-34-18-26(19-35-32)24-4-5-25(17-33)30(16-24)47-23(2)20-42-22-36-39-40-42/h4-5,16,18-19,21-23,27-28H,3,6-15,20H2,1-2H3,(H,34,35,37)/t23-,27-,28-/m0/s1. The normalized spacial score (nSPS) is 19.2. The first-order valence-corrected chi connectivity index (χ1v) is 16.2. The minimum Gasteiger partial charge on any atom is -0.487 e. The Labute approximate surface area is 273 Å². The van der Waals surface area contributed by atoms with E-state index in [0.29, 0.717) is 67.3 Å². The maximum absolute atomic E-state index is 9.65. The van der Waals surface area contributed by atoms with Gasteiger partial charge in [-0.25, -0.2) is 14.6 Å². The number of ether oxygens (including phenoxy) is 4. The molecule has 1 saturated heterocycles. The number of nitrogens with zero attached hydrogens (tertiary/aromatic N) is 10. The van der Waals surface area contributed by atoms with Crippen LogP contribution in [0.2, 0.25) is 0 Å². The third-order valence-electron chi connectivity index (χ3n) is 8.47. The minimum absolute atomic E-state index is 0.269. The van der Waals surface area contributed by atoms with Gasteiger partial charge in [0.2, 0.25) is 5.95 Å². The van der Waals surface area contributed by atoms with Crippen molar-refractivity contribution in [2.24, 2.45) is 0 Å². The van der Waals surface area contributed by atoms with Crippen LogP contribution in [0, 0.1) is 11.3 Å². The topological polar surface area (TPSA) is 163 Å². The molecule has 1 N–H and O–H groups in total. The van der Waals surface area contributed by atoms with Gasteiger partial charge in [-0.05, 0) is 67.7 Å². The van der Waals surface area contributed by atoms with E-state index in [0.717, 1.165) is 63.1 Å². The highest BCUT2D eigenvalue weighted by Gasteiger charge is 2.29. The number of anilines is 2. The van der Waals surface area contributed by atoms with Gasteiger partial charge in [0.25, 0.3) is 5.88 Å². The fourth-order valence-electron chi connectivity index (χ4n) is 6.06. The van der Waals surface area contributed by atoms with E-state index in [1.165, 1.54) is 6.33 Å². The van der Waals surface area contributed by atoms with E-state index in [2.05, 4.69) is 41.8 Å². The maximum atomic E-state index is 9.65. The smallest absolute Gasteiger partial charge is 0.257 e. The summed E-state index contributed by atoms with van der Waals surface area (Å²) >= 11 is 0. The van der Waals surface area contributed by atoms with Crippen molar-refractivity contribution in [3.8, 4) is 28.8 Å². The molecule has 2 fully saturated rings. The molecule has 0 radical (unpaired) electrons. The lowest BCUT2D eigenvalue weighted by Crippen LogP contribution is -2.45. The van der Waals surface area contributed by atoms with Gasteiger partial charge in [0, 0.05) is 43.7 Å². The highest BCUT2D eigenvalue weighted by molar-refractivity contribution is 5.67. The van der Waals surface area contributed by atoms with Crippen molar-refractivity contribution in [3.63, 3.8) is 0 Å². The second-order valence-electron chi connectivity index (χ2n) is 11.7. The molecule has 1 aromatic carbocycles. The quantitative estimate of drug-likeness (QED) is 0.198. The second-order valence-corrected chi connectivity index (χ2v) is 11.7. The SMILES string of the molecule is CCOCCOc1nn([C@H]2CC[C@H](N3CCOCC3)CC2)cc1Nc1ncc(-c2ccc(C#N)c(O[C@@H](C)Cn3cnnn3)c2)cn1. The molecule has 6 rings (SSSR count). The van der Waals surface area contributed by atoms with E-state index >= 15 is 0 Å². The predicted octanol–water partition coefficient (Wildman–Crippen LogP) is 3.64. The van der Waals surface area contributed by atoms with Gasteiger partial charge in [-0.1, -0.05) is 6.07 Å². The Balaban J connectivity index is 1.13. The number of benzene rings is 1. The summed E-state index contributed by atoms with van der Waals surface area (Å²) in [7, 11) is 0. The van der Waals surface area contributed by atoms with Crippen LogP contribution < -0.4 is 14.8 Å². The number of tetrazole rings is 1. The van der Waals surface area contributed by atoms with Gasteiger partial charge >= 0.3 is 0 Å². The van der Waals surface area contributed by atoms with E-state index in [4.69, 9.17) is 24.0 Å². The Morgan fingerprint density at radius 2 is 1.85 bits per heavy atom. The summed E-state index contributed by atoms with van der Waals surface area (Å²) in [6, 6.07) is 8.51. The average molecular weight is 644 g/mol. The molecule has 0 unspecified atom stereocenters. The predicted molar refractivity (Wildman–Crippen MR) is 171 cm³/mol. The lowest BCUT2D eigenvalue weighted by molar-refractivity contribution is 0.00502. The van der Waals surface area contributed by atoms with Gasteiger partial charge in [-0.15, -0.1) is 10.2 Å². The minimum atomic E-state index is -0.269. The summed E-state index contributed by atoms with van der Waals surface area (Å²) in [4.78, 5) is 11.7. The molecule has 4 heterocycles. The molecule has 1 aliphatic heterocycles. The number of hydrogen-bond acceptors (Lipinski definition) is 13. The van der Waals surface area contributed by atoms with Crippen molar-refractivity contribution >= 4 is 11.6 Å². The first-order chi connectivity index (χ1) is 23.1. The van der Waals surface area contributed by atoms with Crippen LogP contribution in [0.1, 0.15) is 51.1 Å². The van der Waals surface area contributed by atoms with Crippen molar-refractivity contribution in [1.29, 1.82) is 5.26 Å². The summed E-state index contributed by atoms with van der Waals surface area (Å²) in [6.45, 7) is 9.47. The fourth-order valence-corrected chi connectivity index (χ4v) is 6.06. The molecule has 0 spiro atoms. The molecular weight excluding hydrogens is 602 g/mol. The molecule has 3 aromatic heterocycles. The van der Waals surface area contributed by atoms with Crippen LogP contribution in [0.25, 0.3) is 11.1 Å². The molecule has 0 amide bonds. The molecule has 15 heteroatoms. The van der Waals surface area contributed by atoms with Gasteiger partial charge < -0.3 is 24.3 Å². The van der Waals surface area contributed by atoms with Crippen LogP contribution in [0.5, 0.6) is 11.6 Å². The van der Waals surface area contributed by atoms with E-state index in [-0.39, 0.29) is 6.10 Å². The van der Waals surface area contributed by atoms with Crippen molar-refractivity contribution in [2.75, 3.05) is 51.4 Å². The zero-order valence-electron chi connectivity index (χ0n) is 26.9. The van der Waals surface area contributed by atoms with Crippen molar-refractivity contribution in [3.05, 3.63) is 48.7 Å². The monoisotopic (exact) mass is 643 g/mol. The molecule has 1 atom stereocenters. The zero-order chi connectivity index (χ0) is 32.4. The van der Waals surface area contributed by atoms with Gasteiger partial charge in [-0.2, -0.15) is 5.26 Å². The lowest BCUT2D eigenvalue weighted by atomic mass is 9.90. The molecule has 0 bridgehead atoms. The Morgan fingerprint density at radius 1 is 1.06 bits per heavy atom. The van der Waals surface area contributed by atoms with Crippen LogP contribution in [0.3, 0.4) is 0 Å². The molecule has 47 heavy (non-hydrogen) atoms. The van der Waals surface area contributed by atoms with E-state index in [9.17, 15) is 5.26 Å². The van der Waals surface area contributed by atoms with Crippen LogP contribution in [0.4, 0.5) is 11.6 Å². The summed E-state index contributed by atoms with van der Waals surface area (Å²) in [5, 5.41) is 29.0. The molecular formula is C32H41N11O4. The Hall–Kier alpha value is -4.65. The fraction of sp³-hybridized carbons (Fsp3) is 0.531. The highest BCUT2D eigenvalue weighted by atomic mass is 16.5. The number of nitriles is 1. The number of nitrogens with one attached hydrogen (secondary N) is 1. The first kappa shape index (κ1) is 32.3. The van der Waals surface area contributed by atoms with E-state index in [1.54, 1.807) is 23.1 Å². The van der Waals surface area contributed by atoms with E-state index < -0.39 is 0 Å². The summed E-state index contributed by atoms with van der Waals surface area (Å²) in [6.07, 6.45) is 11.1. The Morgan fingerprint density at radius 3 is 2.57 bits per heavy atom. The number of hydrogen-bond donors (Lipinski definition) is 1. The largest absolute Gasteiger partial charge is 0.487 e. The van der Waals surface area contributed by atoms with Gasteiger partial charge in [-0.3, -0.25) is 9.58 Å². The van der Waals surface area contributed by atoms with Crippen LogP contribution in [-0.4, -0.2) is 103 Å². The molecule has 4 aromatic rings. The van der Waals surface area contributed by atoms with Gasteiger partial charge in [0.05, 0.1) is 44.2 Å². The van der Waals surface area contributed by atoms with Gasteiger partial charge in [0.15, 0.2) is 0 Å². The molecule has 2 aliphatic rings. The van der Waals surface area contributed by atoms with Crippen LogP contribution in [-0.2, 0) is 16.0 Å². The third kappa shape index (κ3) is 8.39. The summed E-state index contributed by atoms with van der Waals surface area (Å²) in [5.41, 5.74) is 2.73. The molecule has 248 valence electrons. The maximum Gasteiger partial charge on any atom is 0.257 e. The summed E-state index contributed by atoms with van der Waals surface area (Å²) < 4.78 is 26.8. The number of rotatable bonds is 14. The van der Waals surface area contributed by atoms with Crippen LogP contribution >= 0.6 is 0 Å². The van der Waals surface area contributed by atoms with Crippen molar-refractivity contribution in [2.45, 2.75) is 64.3 Å². The third-order valence-corrected chi connectivity index (χ3v) is 8.47. The van der Waals surface area contributed by atoms with Crippen LogP contribution in [0.15, 0.2) is 43.1 Å². The van der Waals surface area contributed by atoms with Crippen molar-refractivity contribution < 1.29 is 18.9 Å². The zero-order valence-corrected chi connectivity index (χ0v) is 26.9. The van der Waals surface area contributed by atoms with Crippen molar-refractivity contribution in [1.82, 2.24) is 44.9 Å². The number of aromatic nitrogens is 8. The first-order valence-electron chi connectivity index (χ1n) is 16.2. The summed E-state index contributed by atoms with van der Waals surface area (Å²) in [5.74, 6) is 1.38.